The fraction of sp³-hybridized carbons (Fsp3) is 0.500. The maximum absolute atomic E-state index is 3.52. The summed E-state index contributed by atoms with van der Waals surface area (Å²) in [5.41, 5.74) is 1.34. The number of benzene rings is 1. The normalized spacial score (nSPS) is 18.3. The van der Waals surface area contributed by atoms with E-state index in [-0.39, 0.29) is 0 Å². The van der Waals surface area contributed by atoms with Crippen molar-refractivity contribution >= 4 is 21.6 Å². The van der Waals surface area contributed by atoms with Crippen molar-refractivity contribution in [2.75, 3.05) is 31.1 Å². The van der Waals surface area contributed by atoms with Crippen molar-refractivity contribution < 1.29 is 0 Å². The van der Waals surface area contributed by atoms with Crippen LogP contribution in [0, 0.1) is 0 Å². The van der Waals surface area contributed by atoms with Gasteiger partial charge in [0, 0.05) is 23.2 Å². The van der Waals surface area contributed by atoms with E-state index in [0.717, 1.165) is 26.2 Å². The van der Waals surface area contributed by atoms with Gasteiger partial charge in [0.25, 0.3) is 0 Å². The van der Waals surface area contributed by atoms with Gasteiger partial charge in [0.05, 0.1) is 0 Å². The average molecular weight is 269 g/mol. The summed E-state index contributed by atoms with van der Waals surface area (Å²) < 4.78 is 1.17. The van der Waals surface area contributed by atoms with Gasteiger partial charge in [0.2, 0.25) is 0 Å². The van der Waals surface area contributed by atoms with Crippen molar-refractivity contribution in [3.05, 3.63) is 28.7 Å². The van der Waals surface area contributed by atoms with Gasteiger partial charge in [-0.2, -0.15) is 0 Å². The van der Waals surface area contributed by atoms with E-state index < -0.39 is 0 Å². The molecule has 1 aromatic rings. The highest BCUT2D eigenvalue weighted by Gasteiger charge is 2.08. The van der Waals surface area contributed by atoms with Gasteiger partial charge in [0.15, 0.2) is 0 Å². The molecular formula is C12H17BrN2. The Labute approximate surface area is 99.8 Å². The zero-order valence-corrected chi connectivity index (χ0v) is 10.5. The van der Waals surface area contributed by atoms with Crippen LogP contribution in [0.5, 0.6) is 0 Å². The summed E-state index contributed by atoms with van der Waals surface area (Å²) in [6.07, 6.45) is 2.46. The minimum Gasteiger partial charge on any atom is -0.371 e. The van der Waals surface area contributed by atoms with E-state index in [9.17, 15) is 0 Å². The van der Waals surface area contributed by atoms with E-state index in [2.05, 4.69) is 50.4 Å². The molecule has 0 atom stereocenters. The molecule has 0 radical (unpaired) electrons. The van der Waals surface area contributed by atoms with E-state index in [0.29, 0.717) is 0 Å². The lowest BCUT2D eigenvalue weighted by Gasteiger charge is -2.27. The lowest BCUT2D eigenvalue weighted by atomic mass is 10.2. The van der Waals surface area contributed by atoms with Crippen LogP contribution in [-0.4, -0.2) is 26.2 Å². The summed E-state index contributed by atoms with van der Waals surface area (Å²) in [4.78, 5) is 2.48. The molecule has 1 aliphatic heterocycles. The van der Waals surface area contributed by atoms with Crippen LogP contribution in [0.1, 0.15) is 12.8 Å². The van der Waals surface area contributed by atoms with Gasteiger partial charge in [-0.3, -0.25) is 0 Å². The molecule has 0 spiro atoms. The highest BCUT2D eigenvalue weighted by atomic mass is 79.9. The molecular weight excluding hydrogens is 252 g/mol. The highest BCUT2D eigenvalue weighted by molar-refractivity contribution is 9.10. The number of rotatable bonds is 1. The number of hydrogen-bond donors (Lipinski definition) is 1. The molecule has 0 saturated carbocycles. The predicted octanol–water partition coefficient (Wildman–Crippen LogP) is 2.64. The number of anilines is 1. The molecule has 1 aliphatic rings. The molecule has 2 rings (SSSR count). The van der Waals surface area contributed by atoms with Gasteiger partial charge in [0.1, 0.15) is 0 Å². The first-order chi connectivity index (χ1) is 7.36. The van der Waals surface area contributed by atoms with Crippen LogP contribution >= 0.6 is 15.9 Å². The molecule has 2 nitrogen and oxygen atoms in total. The third-order valence-electron chi connectivity index (χ3n) is 2.74. The van der Waals surface area contributed by atoms with Crippen LogP contribution < -0.4 is 10.2 Å². The SMILES string of the molecule is Brc1cccc(N2CCCNCCC2)c1. The standard InChI is InChI=1S/C12H17BrN2/c13-11-4-1-5-12(10-11)15-8-2-6-14-7-3-9-15/h1,4-5,10,14H,2-3,6-9H2. The van der Waals surface area contributed by atoms with E-state index in [1.165, 1.54) is 23.0 Å². The molecule has 1 aromatic carbocycles. The van der Waals surface area contributed by atoms with Crippen LogP contribution in [0.4, 0.5) is 5.69 Å². The Morgan fingerprint density at radius 1 is 1.13 bits per heavy atom. The second-order valence-corrected chi connectivity index (χ2v) is 4.84. The van der Waals surface area contributed by atoms with E-state index >= 15 is 0 Å². The van der Waals surface area contributed by atoms with Crippen LogP contribution in [0.2, 0.25) is 0 Å². The molecule has 0 amide bonds. The van der Waals surface area contributed by atoms with Crippen molar-refractivity contribution in [3.63, 3.8) is 0 Å². The van der Waals surface area contributed by atoms with Gasteiger partial charge in [-0.05, 0) is 44.1 Å². The Morgan fingerprint density at radius 3 is 2.53 bits per heavy atom. The second kappa shape index (κ2) is 5.52. The quantitative estimate of drug-likeness (QED) is 0.843. The van der Waals surface area contributed by atoms with Gasteiger partial charge < -0.3 is 10.2 Å². The van der Waals surface area contributed by atoms with Gasteiger partial charge >= 0.3 is 0 Å². The number of nitrogens with one attached hydrogen (secondary N) is 1. The summed E-state index contributed by atoms with van der Waals surface area (Å²) in [5.74, 6) is 0. The van der Waals surface area contributed by atoms with Gasteiger partial charge in [-0.15, -0.1) is 0 Å². The number of nitrogens with zero attached hydrogens (tertiary/aromatic N) is 1. The van der Waals surface area contributed by atoms with Crippen molar-refractivity contribution in [3.8, 4) is 0 Å². The van der Waals surface area contributed by atoms with Crippen molar-refractivity contribution in [2.24, 2.45) is 0 Å². The molecule has 1 saturated heterocycles. The number of halogens is 1. The molecule has 0 aromatic heterocycles. The molecule has 82 valence electrons. The Morgan fingerprint density at radius 2 is 1.87 bits per heavy atom. The third-order valence-corrected chi connectivity index (χ3v) is 3.23. The smallest absolute Gasteiger partial charge is 0.0377 e. The van der Waals surface area contributed by atoms with Crippen molar-refractivity contribution in [1.82, 2.24) is 5.32 Å². The zero-order chi connectivity index (χ0) is 10.5. The van der Waals surface area contributed by atoms with Crippen LogP contribution in [0.3, 0.4) is 0 Å². The first-order valence-electron chi connectivity index (χ1n) is 5.57. The largest absolute Gasteiger partial charge is 0.371 e. The molecule has 0 bridgehead atoms. The van der Waals surface area contributed by atoms with Gasteiger partial charge in [-0.1, -0.05) is 22.0 Å². The van der Waals surface area contributed by atoms with E-state index in [4.69, 9.17) is 0 Å². The summed E-state index contributed by atoms with van der Waals surface area (Å²) in [7, 11) is 0. The lowest BCUT2D eigenvalue weighted by Crippen LogP contribution is -2.33. The maximum Gasteiger partial charge on any atom is 0.0377 e. The fourth-order valence-electron chi connectivity index (χ4n) is 1.96. The highest BCUT2D eigenvalue weighted by Crippen LogP contribution is 2.20. The minimum atomic E-state index is 1.14. The average Bonchev–Trinajstić information content (AvgIpc) is 2.16. The fourth-order valence-corrected chi connectivity index (χ4v) is 2.34. The Kier molecular flexibility index (Phi) is 4.03. The molecule has 1 heterocycles. The molecule has 1 N–H and O–H groups in total. The first kappa shape index (κ1) is 11.0. The van der Waals surface area contributed by atoms with Crippen LogP contribution in [0.25, 0.3) is 0 Å². The summed E-state index contributed by atoms with van der Waals surface area (Å²) in [6.45, 7) is 4.60. The molecule has 0 unspecified atom stereocenters. The molecule has 3 heteroatoms. The van der Waals surface area contributed by atoms with Crippen LogP contribution in [-0.2, 0) is 0 Å². The Balaban J connectivity index is 2.06. The van der Waals surface area contributed by atoms with Crippen molar-refractivity contribution in [2.45, 2.75) is 12.8 Å². The zero-order valence-electron chi connectivity index (χ0n) is 8.88. The summed E-state index contributed by atoms with van der Waals surface area (Å²) >= 11 is 3.52. The molecule has 1 fully saturated rings. The van der Waals surface area contributed by atoms with Crippen molar-refractivity contribution in [1.29, 1.82) is 0 Å². The predicted molar refractivity (Wildman–Crippen MR) is 68.5 cm³/mol. The minimum absolute atomic E-state index is 1.14. The van der Waals surface area contributed by atoms with E-state index in [1.807, 2.05) is 0 Å². The number of hydrogen-bond acceptors (Lipinski definition) is 2. The maximum atomic E-state index is 3.52. The first-order valence-corrected chi connectivity index (χ1v) is 6.37. The van der Waals surface area contributed by atoms with E-state index in [1.54, 1.807) is 0 Å². The van der Waals surface area contributed by atoms with Gasteiger partial charge in [-0.25, -0.2) is 0 Å². The lowest BCUT2D eigenvalue weighted by molar-refractivity contribution is 0.567. The monoisotopic (exact) mass is 268 g/mol. The Bertz CT molecular complexity index is 306. The Hall–Kier alpha value is -0.540. The molecule has 0 aliphatic carbocycles. The third kappa shape index (κ3) is 3.21. The molecule has 15 heavy (non-hydrogen) atoms. The summed E-state index contributed by atoms with van der Waals surface area (Å²) in [5, 5.41) is 3.43. The van der Waals surface area contributed by atoms with Crippen LogP contribution in [0.15, 0.2) is 28.7 Å². The second-order valence-electron chi connectivity index (χ2n) is 3.92. The summed E-state index contributed by atoms with van der Waals surface area (Å²) in [6, 6.07) is 8.58. The topological polar surface area (TPSA) is 15.3 Å².